The van der Waals surface area contributed by atoms with Crippen molar-refractivity contribution in [3.63, 3.8) is 0 Å². The summed E-state index contributed by atoms with van der Waals surface area (Å²) in [4.78, 5) is 4.40. The van der Waals surface area contributed by atoms with Crippen LogP contribution < -0.4 is 5.32 Å². The zero-order valence-electron chi connectivity index (χ0n) is 11.1. The Morgan fingerprint density at radius 2 is 1.95 bits per heavy atom. The normalized spacial score (nSPS) is 12.7. The molecule has 0 saturated heterocycles. The van der Waals surface area contributed by atoms with Crippen molar-refractivity contribution in [3.8, 4) is 0 Å². The second-order valence-electron chi connectivity index (χ2n) is 4.59. The maximum Gasteiger partial charge on any atom is 0.0606 e. The molecule has 0 aliphatic rings. The molecule has 0 amide bonds. The number of benzene rings is 1. The molecule has 19 heavy (non-hydrogen) atoms. The molecule has 1 atom stereocenters. The molecule has 96 valence electrons. The number of aromatic nitrogens is 1. The van der Waals surface area contributed by atoms with Crippen molar-refractivity contribution in [1.29, 1.82) is 0 Å². The van der Waals surface area contributed by atoms with Crippen molar-refractivity contribution >= 4 is 21.4 Å². The molecule has 2 aromatic heterocycles. The number of nitrogens with one attached hydrogen (secondary N) is 1. The molecule has 1 N–H and O–H groups in total. The Labute approximate surface area is 117 Å². The van der Waals surface area contributed by atoms with Gasteiger partial charge >= 0.3 is 0 Å². The van der Waals surface area contributed by atoms with Crippen LogP contribution in [0.4, 0.5) is 0 Å². The highest BCUT2D eigenvalue weighted by Gasteiger charge is 2.17. The van der Waals surface area contributed by atoms with E-state index in [0.717, 1.165) is 5.69 Å². The minimum Gasteiger partial charge on any atom is -0.309 e. The second-order valence-corrected chi connectivity index (χ2v) is 5.50. The molecule has 0 spiro atoms. The fourth-order valence-electron chi connectivity index (χ4n) is 2.52. The summed E-state index contributed by atoms with van der Waals surface area (Å²) in [6, 6.07) is 13.0. The maximum atomic E-state index is 4.40. The van der Waals surface area contributed by atoms with E-state index in [1.165, 1.54) is 21.2 Å². The van der Waals surface area contributed by atoms with E-state index in [2.05, 4.69) is 52.9 Å². The molecule has 3 heteroatoms. The molecule has 3 aromatic rings. The quantitative estimate of drug-likeness (QED) is 0.779. The first-order valence-electron chi connectivity index (χ1n) is 6.36. The highest BCUT2D eigenvalue weighted by Crippen LogP contribution is 2.32. The Balaban J connectivity index is 2.18. The summed E-state index contributed by atoms with van der Waals surface area (Å²) in [7, 11) is 2.00. The van der Waals surface area contributed by atoms with Crippen LogP contribution in [0.2, 0.25) is 0 Å². The van der Waals surface area contributed by atoms with Gasteiger partial charge in [-0.05, 0) is 48.0 Å². The van der Waals surface area contributed by atoms with E-state index in [0.29, 0.717) is 0 Å². The van der Waals surface area contributed by atoms with E-state index in [-0.39, 0.29) is 6.04 Å². The molecule has 0 aliphatic heterocycles. The Hall–Kier alpha value is -1.71. The predicted molar refractivity (Wildman–Crippen MR) is 81.7 cm³/mol. The van der Waals surface area contributed by atoms with Gasteiger partial charge in [0, 0.05) is 16.6 Å². The molecule has 0 radical (unpaired) electrons. The van der Waals surface area contributed by atoms with Crippen LogP contribution in [-0.2, 0) is 0 Å². The number of rotatable bonds is 3. The van der Waals surface area contributed by atoms with E-state index in [1.807, 2.05) is 19.3 Å². The summed E-state index contributed by atoms with van der Waals surface area (Å²) in [6.07, 6.45) is 1.84. The molecule has 0 saturated carbocycles. The SMILES string of the molecule is CNC(c1cccnc1C)c1cccc2ccsc12. The van der Waals surface area contributed by atoms with Crippen LogP contribution in [0.3, 0.4) is 0 Å². The number of nitrogens with zero attached hydrogens (tertiary/aromatic N) is 1. The van der Waals surface area contributed by atoms with Gasteiger partial charge in [-0.3, -0.25) is 4.98 Å². The van der Waals surface area contributed by atoms with Gasteiger partial charge in [-0.1, -0.05) is 24.3 Å². The van der Waals surface area contributed by atoms with Gasteiger partial charge < -0.3 is 5.32 Å². The van der Waals surface area contributed by atoms with Gasteiger partial charge in [0.15, 0.2) is 0 Å². The lowest BCUT2D eigenvalue weighted by molar-refractivity contribution is 0.688. The molecule has 0 bridgehead atoms. The summed E-state index contributed by atoms with van der Waals surface area (Å²) >= 11 is 1.80. The van der Waals surface area contributed by atoms with Crippen molar-refractivity contribution in [1.82, 2.24) is 10.3 Å². The topological polar surface area (TPSA) is 24.9 Å². The molecule has 2 nitrogen and oxygen atoms in total. The third kappa shape index (κ3) is 2.15. The summed E-state index contributed by atoms with van der Waals surface area (Å²) in [5.74, 6) is 0. The number of aryl methyl sites for hydroxylation is 1. The van der Waals surface area contributed by atoms with E-state index < -0.39 is 0 Å². The van der Waals surface area contributed by atoms with Crippen LogP contribution >= 0.6 is 11.3 Å². The maximum absolute atomic E-state index is 4.40. The van der Waals surface area contributed by atoms with Gasteiger partial charge in [0.05, 0.1) is 6.04 Å². The number of hydrogen-bond donors (Lipinski definition) is 1. The van der Waals surface area contributed by atoms with Gasteiger partial charge in [-0.15, -0.1) is 11.3 Å². The molecule has 1 aromatic carbocycles. The van der Waals surface area contributed by atoms with Crippen LogP contribution in [0.15, 0.2) is 48.0 Å². The van der Waals surface area contributed by atoms with Crippen molar-refractivity contribution in [2.24, 2.45) is 0 Å². The minimum absolute atomic E-state index is 0.191. The molecule has 2 heterocycles. The lowest BCUT2D eigenvalue weighted by Crippen LogP contribution is -2.19. The zero-order chi connectivity index (χ0) is 13.2. The zero-order valence-corrected chi connectivity index (χ0v) is 11.9. The van der Waals surface area contributed by atoms with Crippen LogP contribution in [0.25, 0.3) is 10.1 Å². The van der Waals surface area contributed by atoms with E-state index in [4.69, 9.17) is 0 Å². The summed E-state index contributed by atoms with van der Waals surface area (Å²) < 4.78 is 1.35. The highest BCUT2D eigenvalue weighted by molar-refractivity contribution is 7.17. The van der Waals surface area contributed by atoms with Crippen LogP contribution in [0.1, 0.15) is 22.9 Å². The minimum atomic E-state index is 0.191. The number of hydrogen-bond acceptors (Lipinski definition) is 3. The number of thiophene rings is 1. The van der Waals surface area contributed by atoms with Gasteiger partial charge in [-0.25, -0.2) is 0 Å². The highest BCUT2D eigenvalue weighted by atomic mass is 32.1. The number of fused-ring (bicyclic) bond motifs is 1. The van der Waals surface area contributed by atoms with Crippen LogP contribution in [0.5, 0.6) is 0 Å². The van der Waals surface area contributed by atoms with Crippen molar-refractivity contribution in [3.05, 3.63) is 64.8 Å². The van der Waals surface area contributed by atoms with Gasteiger partial charge in [0.25, 0.3) is 0 Å². The molecular formula is C16H16N2S. The van der Waals surface area contributed by atoms with E-state index in [1.54, 1.807) is 11.3 Å². The van der Waals surface area contributed by atoms with Gasteiger partial charge in [0.1, 0.15) is 0 Å². The van der Waals surface area contributed by atoms with Crippen molar-refractivity contribution in [2.45, 2.75) is 13.0 Å². The Morgan fingerprint density at radius 1 is 1.11 bits per heavy atom. The molecule has 1 unspecified atom stereocenters. The lowest BCUT2D eigenvalue weighted by Gasteiger charge is -2.19. The summed E-state index contributed by atoms with van der Waals surface area (Å²) in [5, 5.41) is 6.88. The Bertz CT molecular complexity index is 703. The molecule has 0 aliphatic carbocycles. The third-order valence-corrected chi connectivity index (χ3v) is 4.45. The average molecular weight is 268 g/mol. The van der Waals surface area contributed by atoms with E-state index >= 15 is 0 Å². The standard InChI is InChI=1S/C16H16N2S/c1-11-13(7-4-9-18-11)15(17-2)14-6-3-5-12-8-10-19-16(12)14/h3-10,15,17H,1-2H3. The lowest BCUT2D eigenvalue weighted by atomic mass is 9.97. The molecular weight excluding hydrogens is 252 g/mol. The van der Waals surface area contributed by atoms with Crippen molar-refractivity contribution in [2.75, 3.05) is 7.05 Å². The Kier molecular flexibility index (Phi) is 3.32. The second kappa shape index (κ2) is 5.11. The average Bonchev–Trinajstić information content (AvgIpc) is 2.91. The predicted octanol–water partition coefficient (Wildman–Crippen LogP) is 3.91. The van der Waals surface area contributed by atoms with Gasteiger partial charge in [0.2, 0.25) is 0 Å². The molecule has 3 rings (SSSR count). The largest absolute Gasteiger partial charge is 0.309 e. The summed E-state index contributed by atoms with van der Waals surface area (Å²) in [6.45, 7) is 2.06. The number of pyridine rings is 1. The smallest absolute Gasteiger partial charge is 0.0606 e. The molecule has 0 fully saturated rings. The first kappa shape index (κ1) is 12.3. The van der Waals surface area contributed by atoms with Crippen LogP contribution in [0, 0.1) is 6.92 Å². The first-order valence-corrected chi connectivity index (χ1v) is 7.24. The third-order valence-electron chi connectivity index (χ3n) is 3.47. The fraction of sp³-hybridized carbons (Fsp3) is 0.188. The van der Waals surface area contributed by atoms with Crippen LogP contribution in [-0.4, -0.2) is 12.0 Å². The van der Waals surface area contributed by atoms with Gasteiger partial charge in [-0.2, -0.15) is 0 Å². The first-order chi connectivity index (χ1) is 9.31. The Morgan fingerprint density at radius 3 is 2.74 bits per heavy atom. The summed E-state index contributed by atoms with van der Waals surface area (Å²) in [5.41, 5.74) is 3.65. The fourth-order valence-corrected chi connectivity index (χ4v) is 3.47. The monoisotopic (exact) mass is 268 g/mol. The van der Waals surface area contributed by atoms with Crippen molar-refractivity contribution < 1.29 is 0 Å². The van der Waals surface area contributed by atoms with E-state index in [9.17, 15) is 0 Å².